The number of carbonyl (C=O) groups excluding carboxylic acids is 2. The van der Waals surface area contributed by atoms with Crippen LogP contribution in [0.15, 0.2) is 53.6 Å². The molecular weight excluding hydrogens is 482 g/mol. The standard InChI is InChI=1S/C30H39N3O5/c1-19(2)9-7-14-30(5,32-21(4)34)15-8-10-20(3)13-16-33-24-17-22(35)18-26(37)28(24)31-27-23(29(33)38)11-6-12-25(27)36/h6,9,11-13,17-18,31,35-37H,7-8,10,14-16H2,1-5H3,(H,32,34). The molecule has 2 aromatic carbocycles. The zero-order valence-electron chi connectivity index (χ0n) is 22.9. The van der Waals surface area contributed by atoms with E-state index >= 15 is 0 Å². The molecule has 0 fully saturated rings. The number of para-hydroxylation sites is 1. The van der Waals surface area contributed by atoms with E-state index < -0.39 is 0 Å². The van der Waals surface area contributed by atoms with Gasteiger partial charge < -0.3 is 30.9 Å². The van der Waals surface area contributed by atoms with Crippen molar-refractivity contribution < 1.29 is 24.9 Å². The van der Waals surface area contributed by atoms with Crippen LogP contribution in [0.5, 0.6) is 17.2 Å². The molecule has 38 heavy (non-hydrogen) atoms. The minimum atomic E-state index is -0.367. The number of amides is 2. The second-order valence-corrected chi connectivity index (χ2v) is 10.6. The first kappa shape index (κ1) is 28.6. The molecule has 5 N–H and O–H groups in total. The van der Waals surface area contributed by atoms with Crippen molar-refractivity contribution in [1.29, 1.82) is 0 Å². The SMILES string of the molecule is CC(=O)NC(C)(CCC=C(C)C)CCCC(C)=CCN1C(=O)c2cccc(O)c2Nc2c(O)cc(O)cc21. The molecular formula is C30H39N3O5. The Hall–Kier alpha value is -3.94. The van der Waals surface area contributed by atoms with Crippen LogP contribution in [0.25, 0.3) is 0 Å². The molecule has 0 spiro atoms. The van der Waals surface area contributed by atoms with Crippen LogP contribution in [-0.2, 0) is 4.79 Å². The minimum Gasteiger partial charge on any atom is -0.508 e. The zero-order chi connectivity index (χ0) is 28.0. The van der Waals surface area contributed by atoms with Crippen molar-refractivity contribution in [2.45, 2.75) is 72.3 Å². The van der Waals surface area contributed by atoms with Gasteiger partial charge in [0.2, 0.25) is 5.91 Å². The van der Waals surface area contributed by atoms with Gasteiger partial charge in [0.15, 0.2) is 0 Å². The van der Waals surface area contributed by atoms with Crippen LogP contribution in [0.4, 0.5) is 17.1 Å². The van der Waals surface area contributed by atoms with E-state index in [-0.39, 0.29) is 58.1 Å². The molecule has 1 unspecified atom stereocenters. The van der Waals surface area contributed by atoms with Gasteiger partial charge >= 0.3 is 0 Å². The number of nitrogens with one attached hydrogen (secondary N) is 2. The summed E-state index contributed by atoms with van der Waals surface area (Å²) in [6, 6.07) is 7.25. The van der Waals surface area contributed by atoms with Crippen LogP contribution in [0.3, 0.4) is 0 Å². The van der Waals surface area contributed by atoms with Gasteiger partial charge in [-0.25, -0.2) is 0 Å². The fourth-order valence-corrected chi connectivity index (χ4v) is 4.81. The number of carbonyl (C=O) groups is 2. The Bertz CT molecular complexity index is 1260. The van der Waals surface area contributed by atoms with Gasteiger partial charge in [-0.2, -0.15) is 0 Å². The molecule has 0 saturated carbocycles. The lowest BCUT2D eigenvalue weighted by Crippen LogP contribution is -2.44. The number of hydrogen-bond acceptors (Lipinski definition) is 6. The third kappa shape index (κ3) is 7.09. The smallest absolute Gasteiger partial charge is 0.260 e. The van der Waals surface area contributed by atoms with Crippen LogP contribution in [0.1, 0.15) is 77.1 Å². The molecule has 204 valence electrons. The van der Waals surface area contributed by atoms with Crippen molar-refractivity contribution in [2.24, 2.45) is 0 Å². The fraction of sp³-hybridized carbons (Fsp3) is 0.400. The molecule has 1 heterocycles. The molecule has 1 aliphatic rings. The van der Waals surface area contributed by atoms with E-state index in [1.807, 2.05) is 13.0 Å². The van der Waals surface area contributed by atoms with Gasteiger partial charge in [0.1, 0.15) is 22.9 Å². The Morgan fingerprint density at radius 1 is 1.03 bits per heavy atom. The second-order valence-electron chi connectivity index (χ2n) is 10.6. The normalized spacial score (nSPS) is 14.5. The second kappa shape index (κ2) is 12.1. The van der Waals surface area contributed by atoms with Crippen LogP contribution in [-0.4, -0.2) is 39.2 Å². The number of aromatic hydroxyl groups is 3. The van der Waals surface area contributed by atoms with Crippen molar-refractivity contribution in [3.63, 3.8) is 0 Å². The number of phenolic OH excluding ortho intramolecular Hbond substituents is 3. The highest BCUT2D eigenvalue weighted by Crippen LogP contribution is 2.45. The first-order valence-corrected chi connectivity index (χ1v) is 12.9. The van der Waals surface area contributed by atoms with E-state index in [0.717, 1.165) is 37.7 Å². The van der Waals surface area contributed by atoms with Gasteiger partial charge in [-0.05, 0) is 71.9 Å². The minimum absolute atomic E-state index is 0.0401. The molecule has 0 bridgehead atoms. The summed E-state index contributed by atoms with van der Waals surface area (Å²) < 4.78 is 0. The summed E-state index contributed by atoms with van der Waals surface area (Å²) in [5.41, 5.74) is 3.03. The number of rotatable bonds is 10. The summed E-state index contributed by atoms with van der Waals surface area (Å²) in [6.45, 7) is 9.97. The summed E-state index contributed by atoms with van der Waals surface area (Å²) in [5, 5.41) is 37.1. The van der Waals surface area contributed by atoms with Gasteiger partial charge in [0.05, 0.1) is 16.9 Å². The highest BCUT2D eigenvalue weighted by Gasteiger charge is 2.30. The highest BCUT2D eigenvalue weighted by molar-refractivity contribution is 6.15. The maximum Gasteiger partial charge on any atom is 0.260 e. The van der Waals surface area contributed by atoms with Crippen molar-refractivity contribution in [3.05, 3.63) is 59.2 Å². The van der Waals surface area contributed by atoms with Gasteiger partial charge in [0, 0.05) is 31.1 Å². The monoisotopic (exact) mass is 521 g/mol. The Labute approximate surface area is 224 Å². The van der Waals surface area contributed by atoms with Crippen molar-refractivity contribution >= 4 is 28.9 Å². The summed E-state index contributed by atoms with van der Waals surface area (Å²) in [4.78, 5) is 26.8. The van der Waals surface area contributed by atoms with E-state index in [2.05, 4.69) is 37.5 Å². The molecule has 0 saturated heterocycles. The van der Waals surface area contributed by atoms with E-state index in [4.69, 9.17) is 0 Å². The number of benzene rings is 2. The topological polar surface area (TPSA) is 122 Å². The number of phenols is 3. The van der Waals surface area contributed by atoms with Gasteiger partial charge in [-0.15, -0.1) is 0 Å². The molecule has 3 rings (SSSR count). The lowest BCUT2D eigenvalue weighted by molar-refractivity contribution is -0.120. The number of hydrogen-bond donors (Lipinski definition) is 5. The summed E-state index contributed by atoms with van der Waals surface area (Å²) in [5.74, 6) is -0.938. The third-order valence-electron chi connectivity index (χ3n) is 6.79. The molecule has 0 aromatic heterocycles. The number of fused-ring (bicyclic) bond motifs is 2. The van der Waals surface area contributed by atoms with E-state index in [1.165, 1.54) is 28.7 Å². The fourth-order valence-electron chi connectivity index (χ4n) is 4.81. The molecule has 2 amide bonds. The molecule has 8 heteroatoms. The number of nitrogens with zero attached hydrogens (tertiary/aromatic N) is 1. The van der Waals surface area contributed by atoms with Crippen molar-refractivity contribution in [1.82, 2.24) is 5.32 Å². The maximum absolute atomic E-state index is 13.5. The first-order valence-electron chi connectivity index (χ1n) is 12.9. The van der Waals surface area contributed by atoms with Crippen LogP contribution >= 0.6 is 0 Å². The molecule has 1 atom stereocenters. The van der Waals surface area contributed by atoms with E-state index in [0.29, 0.717) is 5.69 Å². The lowest BCUT2D eigenvalue weighted by Gasteiger charge is -2.30. The molecule has 1 aliphatic heterocycles. The average molecular weight is 522 g/mol. The Kier molecular flexibility index (Phi) is 9.09. The Morgan fingerprint density at radius 2 is 1.76 bits per heavy atom. The Morgan fingerprint density at radius 3 is 2.45 bits per heavy atom. The molecule has 0 radical (unpaired) electrons. The molecule has 0 aliphatic carbocycles. The molecule has 8 nitrogen and oxygen atoms in total. The molecule has 2 aromatic rings. The van der Waals surface area contributed by atoms with Crippen LogP contribution in [0, 0.1) is 0 Å². The predicted molar refractivity (Wildman–Crippen MR) is 151 cm³/mol. The highest BCUT2D eigenvalue weighted by atomic mass is 16.3. The quantitative estimate of drug-likeness (QED) is 0.143. The van der Waals surface area contributed by atoms with Crippen LogP contribution < -0.4 is 15.5 Å². The van der Waals surface area contributed by atoms with E-state index in [1.54, 1.807) is 19.1 Å². The van der Waals surface area contributed by atoms with Gasteiger partial charge in [0.25, 0.3) is 5.91 Å². The Balaban J connectivity index is 1.77. The summed E-state index contributed by atoms with van der Waals surface area (Å²) >= 11 is 0. The predicted octanol–water partition coefficient (Wildman–Crippen LogP) is 6.27. The van der Waals surface area contributed by atoms with Gasteiger partial charge in [-0.1, -0.05) is 29.4 Å². The van der Waals surface area contributed by atoms with E-state index in [9.17, 15) is 24.9 Å². The number of anilines is 3. The maximum atomic E-state index is 13.5. The lowest BCUT2D eigenvalue weighted by atomic mass is 9.88. The summed E-state index contributed by atoms with van der Waals surface area (Å²) in [7, 11) is 0. The largest absolute Gasteiger partial charge is 0.508 e. The van der Waals surface area contributed by atoms with Crippen molar-refractivity contribution in [2.75, 3.05) is 16.8 Å². The summed E-state index contributed by atoms with van der Waals surface area (Å²) in [6.07, 6.45) is 8.35. The third-order valence-corrected chi connectivity index (χ3v) is 6.79. The van der Waals surface area contributed by atoms with Crippen LogP contribution in [0.2, 0.25) is 0 Å². The zero-order valence-corrected chi connectivity index (χ0v) is 22.9. The number of allylic oxidation sites excluding steroid dienone is 3. The van der Waals surface area contributed by atoms with Gasteiger partial charge in [-0.3, -0.25) is 9.59 Å². The first-order chi connectivity index (χ1) is 17.9. The van der Waals surface area contributed by atoms with Crippen molar-refractivity contribution in [3.8, 4) is 17.2 Å². The average Bonchev–Trinajstić information content (AvgIpc) is 2.92.